The summed E-state index contributed by atoms with van der Waals surface area (Å²) in [5, 5.41) is 0.623. The molecule has 21 heavy (non-hydrogen) atoms. The van der Waals surface area contributed by atoms with E-state index in [1.807, 2.05) is 12.1 Å². The van der Waals surface area contributed by atoms with Crippen LogP contribution in [0, 0.1) is 0 Å². The third-order valence-corrected chi connectivity index (χ3v) is 3.97. The van der Waals surface area contributed by atoms with E-state index in [4.69, 9.17) is 11.6 Å². The van der Waals surface area contributed by atoms with Crippen molar-refractivity contribution in [3.05, 3.63) is 34.9 Å². The Bertz CT molecular complexity index is 487. The Kier molecular flexibility index (Phi) is 5.14. The number of hydrogen-bond acceptors (Lipinski definition) is 1. The first-order valence-corrected chi connectivity index (χ1v) is 7.33. The minimum absolute atomic E-state index is 0.0713. The highest BCUT2D eigenvalue weighted by Crippen LogP contribution is 2.29. The molecule has 1 heterocycles. The van der Waals surface area contributed by atoms with Crippen molar-refractivity contribution in [3.63, 3.8) is 0 Å². The van der Waals surface area contributed by atoms with E-state index in [9.17, 15) is 18.0 Å². The summed E-state index contributed by atoms with van der Waals surface area (Å²) in [6.07, 6.45) is -3.30. The number of nitrogens with zero attached hydrogens (tertiary/aromatic N) is 1. The van der Waals surface area contributed by atoms with E-state index in [2.05, 4.69) is 0 Å². The molecule has 2 rings (SSSR count). The minimum Gasteiger partial charge on any atom is -0.342 e. The van der Waals surface area contributed by atoms with Gasteiger partial charge in [0.05, 0.1) is 0 Å². The van der Waals surface area contributed by atoms with Gasteiger partial charge in [-0.2, -0.15) is 13.2 Å². The average Bonchev–Trinajstić information content (AvgIpc) is 2.63. The number of amides is 1. The largest absolute Gasteiger partial charge is 0.397 e. The van der Waals surface area contributed by atoms with Gasteiger partial charge >= 0.3 is 6.18 Å². The van der Waals surface area contributed by atoms with Crippen molar-refractivity contribution in [1.29, 1.82) is 0 Å². The lowest BCUT2D eigenvalue weighted by atomic mass is 9.94. The van der Waals surface area contributed by atoms with Gasteiger partial charge in [0.2, 0.25) is 5.91 Å². The Morgan fingerprint density at radius 3 is 2.52 bits per heavy atom. The van der Waals surface area contributed by atoms with Crippen LogP contribution in [0.15, 0.2) is 24.3 Å². The lowest BCUT2D eigenvalue weighted by molar-refractivity contribution is -0.161. The van der Waals surface area contributed by atoms with Crippen LogP contribution in [-0.2, 0) is 4.79 Å². The van der Waals surface area contributed by atoms with Gasteiger partial charge in [0.15, 0.2) is 0 Å². The normalized spacial score (nSPS) is 20.2. The van der Waals surface area contributed by atoms with E-state index in [1.54, 1.807) is 12.1 Å². The van der Waals surface area contributed by atoms with E-state index < -0.39 is 18.5 Å². The smallest absolute Gasteiger partial charge is 0.342 e. The van der Waals surface area contributed by atoms with Crippen LogP contribution in [0.2, 0.25) is 5.02 Å². The number of alkyl halides is 3. The number of halogens is 4. The zero-order valence-electron chi connectivity index (χ0n) is 11.5. The first-order chi connectivity index (χ1) is 9.85. The molecule has 0 aromatic heterocycles. The SMILES string of the molecule is O=C(CC(F)(F)F)N1CCCCC(c2ccc(Cl)cc2)C1. The Morgan fingerprint density at radius 2 is 1.90 bits per heavy atom. The second kappa shape index (κ2) is 6.69. The summed E-state index contributed by atoms with van der Waals surface area (Å²) >= 11 is 5.85. The molecular weight excluding hydrogens is 303 g/mol. The predicted octanol–water partition coefficient (Wildman–Crippen LogP) is 4.39. The number of carbonyl (C=O) groups excluding carboxylic acids is 1. The van der Waals surface area contributed by atoms with Gasteiger partial charge in [0.1, 0.15) is 6.42 Å². The van der Waals surface area contributed by atoms with Crippen LogP contribution in [0.25, 0.3) is 0 Å². The molecule has 1 fully saturated rings. The van der Waals surface area contributed by atoms with Crippen LogP contribution in [0.3, 0.4) is 0 Å². The van der Waals surface area contributed by atoms with E-state index in [0.29, 0.717) is 18.1 Å². The fourth-order valence-corrected chi connectivity index (χ4v) is 2.78. The van der Waals surface area contributed by atoms with E-state index in [-0.39, 0.29) is 5.92 Å². The number of hydrogen-bond donors (Lipinski definition) is 0. The fraction of sp³-hybridized carbons (Fsp3) is 0.533. The Balaban J connectivity index is 2.07. The van der Waals surface area contributed by atoms with Crippen molar-refractivity contribution >= 4 is 17.5 Å². The molecule has 0 spiro atoms. The molecule has 0 radical (unpaired) electrons. The maximum absolute atomic E-state index is 12.4. The molecule has 2 nitrogen and oxygen atoms in total. The summed E-state index contributed by atoms with van der Waals surface area (Å²) in [6, 6.07) is 7.29. The second-order valence-corrected chi connectivity index (χ2v) is 5.81. The van der Waals surface area contributed by atoms with Crippen molar-refractivity contribution in [2.45, 2.75) is 37.8 Å². The van der Waals surface area contributed by atoms with Crippen LogP contribution in [-0.4, -0.2) is 30.1 Å². The van der Waals surface area contributed by atoms with Crippen LogP contribution in [0.5, 0.6) is 0 Å². The van der Waals surface area contributed by atoms with Crippen LogP contribution in [0.4, 0.5) is 13.2 Å². The summed E-state index contributed by atoms with van der Waals surface area (Å²) in [6.45, 7) is 0.746. The molecule has 0 saturated carbocycles. The third kappa shape index (κ3) is 4.92. The fourth-order valence-electron chi connectivity index (χ4n) is 2.66. The molecule has 6 heteroatoms. The number of rotatable bonds is 2. The first kappa shape index (κ1) is 16.1. The van der Waals surface area contributed by atoms with E-state index in [1.165, 1.54) is 4.90 Å². The highest BCUT2D eigenvalue weighted by atomic mass is 35.5. The van der Waals surface area contributed by atoms with Crippen LogP contribution >= 0.6 is 11.6 Å². The standard InChI is InChI=1S/C15H17ClF3NO/c16-13-6-4-11(5-7-13)12-3-1-2-8-20(10-12)14(21)9-15(17,18)19/h4-7,12H,1-3,8-10H2. The van der Waals surface area contributed by atoms with Gasteiger partial charge in [0, 0.05) is 24.0 Å². The molecule has 1 aliphatic heterocycles. The van der Waals surface area contributed by atoms with Gasteiger partial charge in [0.25, 0.3) is 0 Å². The van der Waals surface area contributed by atoms with Crippen molar-refractivity contribution in [3.8, 4) is 0 Å². The molecule has 1 saturated heterocycles. The maximum Gasteiger partial charge on any atom is 0.397 e. The van der Waals surface area contributed by atoms with Crippen molar-refractivity contribution in [2.75, 3.05) is 13.1 Å². The second-order valence-electron chi connectivity index (χ2n) is 5.38. The zero-order chi connectivity index (χ0) is 15.5. The Morgan fingerprint density at radius 1 is 1.24 bits per heavy atom. The summed E-state index contributed by atoms with van der Waals surface area (Å²) in [5.74, 6) is -0.759. The molecule has 0 aliphatic carbocycles. The number of likely N-dealkylation sites (tertiary alicyclic amines) is 1. The highest BCUT2D eigenvalue weighted by molar-refractivity contribution is 6.30. The topological polar surface area (TPSA) is 20.3 Å². The van der Waals surface area contributed by atoms with Crippen LogP contribution < -0.4 is 0 Å². The van der Waals surface area contributed by atoms with Crippen molar-refractivity contribution < 1.29 is 18.0 Å². The molecule has 1 amide bonds. The predicted molar refractivity (Wildman–Crippen MR) is 75.3 cm³/mol. The Labute approximate surface area is 126 Å². The minimum atomic E-state index is -4.45. The molecule has 1 aromatic carbocycles. The molecule has 1 aliphatic rings. The summed E-state index contributed by atoms with van der Waals surface area (Å²) in [7, 11) is 0. The number of carbonyl (C=O) groups is 1. The molecule has 116 valence electrons. The molecule has 0 bridgehead atoms. The van der Waals surface area contributed by atoms with Gasteiger partial charge in [-0.05, 0) is 30.5 Å². The Hall–Kier alpha value is -1.23. The molecular formula is C15H17ClF3NO. The lowest BCUT2D eigenvalue weighted by Gasteiger charge is -2.25. The van der Waals surface area contributed by atoms with Gasteiger partial charge in [-0.25, -0.2) is 0 Å². The average molecular weight is 320 g/mol. The van der Waals surface area contributed by atoms with Gasteiger partial charge in [-0.15, -0.1) is 0 Å². The van der Waals surface area contributed by atoms with Crippen LogP contribution in [0.1, 0.15) is 37.2 Å². The number of benzene rings is 1. The van der Waals surface area contributed by atoms with Crippen molar-refractivity contribution in [2.24, 2.45) is 0 Å². The highest BCUT2D eigenvalue weighted by Gasteiger charge is 2.34. The molecule has 1 aromatic rings. The zero-order valence-corrected chi connectivity index (χ0v) is 12.3. The third-order valence-electron chi connectivity index (χ3n) is 3.72. The van der Waals surface area contributed by atoms with Gasteiger partial charge in [-0.1, -0.05) is 30.2 Å². The molecule has 0 N–H and O–H groups in total. The summed E-state index contributed by atoms with van der Waals surface area (Å²) in [4.78, 5) is 13.1. The van der Waals surface area contributed by atoms with E-state index in [0.717, 1.165) is 24.8 Å². The van der Waals surface area contributed by atoms with Gasteiger partial charge < -0.3 is 4.90 Å². The van der Waals surface area contributed by atoms with Crippen molar-refractivity contribution in [1.82, 2.24) is 4.90 Å². The first-order valence-electron chi connectivity index (χ1n) is 6.95. The molecule has 1 atom stereocenters. The quantitative estimate of drug-likeness (QED) is 0.791. The monoisotopic (exact) mass is 319 g/mol. The van der Waals surface area contributed by atoms with E-state index >= 15 is 0 Å². The maximum atomic E-state index is 12.4. The van der Waals surface area contributed by atoms with Gasteiger partial charge in [-0.3, -0.25) is 4.79 Å². The lowest BCUT2D eigenvalue weighted by Crippen LogP contribution is -2.36. The molecule has 1 unspecified atom stereocenters. The summed E-state index contributed by atoms with van der Waals surface area (Å²) < 4.78 is 37.1. The summed E-state index contributed by atoms with van der Waals surface area (Å²) in [5.41, 5.74) is 1.02.